The van der Waals surface area contributed by atoms with Crippen molar-refractivity contribution in [2.24, 2.45) is 0 Å². The Morgan fingerprint density at radius 2 is 1.95 bits per heavy atom. The van der Waals surface area contributed by atoms with Crippen LogP contribution < -0.4 is 4.72 Å². The zero-order valence-corrected chi connectivity index (χ0v) is 13.5. The van der Waals surface area contributed by atoms with E-state index in [1.54, 1.807) is 0 Å². The van der Waals surface area contributed by atoms with Crippen LogP contribution in [0.2, 0.25) is 0 Å². The highest BCUT2D eigenvalue weighted by molar-refractivity contribution is 7.88. The molecule has 0 aliphatic carbocycles. The molecule has 0 bridgehead atoms. The summed E-state index contributed by atoms with van der Waals surface area (Å²) >= 11 is 1.53. The second-order valence-corrected chi connectivity index (χ2v) is 7.73. The zero-order chi connectivity index (χ0) is 15.5. The van der Waals surface area contributed by atoms with Crippen LogP contribution in [0.5, 0.6) is 0 Å². The first-order valence-electron chi connectivity index (χ1n) is 6.52. The molecule has 0 saturated carbocycles. The van der Waals surface area contributed by atoms with E-state index in [0.717, 1.165) is 5.01 Å². The molecule has 114 valence electrons. The van der Waals surface area contributed by atoms with Crippen LogP contribution in [-0.2, 0) is 22.3 Å². The molecule has 1 heterocycles. The highest BCUT2D eigenvalue weighted by atomic mass is 32.2. The molecule has 0 aliphatic rings. The predicted molar refractivity (Wildman–Crippen MR) is 82.1 cm³/mol. The van der Waals surface area contributed by atoms with Crippen molar-refractivity contribution < 1.29 is 12.8 Å². The van der Waals surface area contributed by atoms with Gasteiger partial charge in [-0.05, 0) is 17.7 Å². The number of nitrogens with one attached hydrogen (secondary N) is 1. The Labute approximate surface area is 128 Å². The van der Waals surface area contributed by atoms with E-state index in [1.165, 1.54) is 35.6 Å². The molecule has 2 aromatic rings. The molecule has 4 nitrogen and oxygen atoms in total. The average Bonchev–Trinajstić information content (AvgIpc) is 2.88. The molecule has 1 aromatic carbocycles. The van der Waals surface area contributed by atoms with Crippen LogP contribution in [0, 0.1) is 5.82 Å². The summed E-state index contributed by atoms with van der Waals surface area (Å²) in [5.41, 5.74) is 1.26. The van der Waals surface area contributed by atoms with Gasteiger partial charge in [0.1, 0.15) is 5.82 Å². The minimum Gasteiger partial charge on any atom is -0.245 e. The number of thiazole rings is 1. The van der Waals surface area contributed by atoms with E-state index in [0.29, 0.717) is 17.2 Å². The molecule has 0 spiro atoms. The second-order valence-electron chi connectivity index (χ2n) is 5.04. The molecule has 0 fully saturated rings. The number of benzene rings is 1. The maximum atomic E-state index is 12.8. The number of hydrogen-bond donors (Lipinski definition) is 1. The third kappa shape index (κ3) is 4.87. The van der Waals surface area contributed by atoms with E-state index in [2.05, 4.69) is 9.71 Å². The van der Waals surface area contributed by atoms with Crippen LogP contribution in [0.3, 0.4) is 0 Å². The van der Waals surface area contributed by atoms with Gasteiger partial charge in [0.15, 0.2) is 0 Å². The molecule has 2 rings (SSSR count). The SMILES string of the molecule is CC(C)c1nc(CNS(=O)(=O)Cc2ccc(F)cc2)cs1. The number of nitrogens with zero attached hydrogens (tertiary/aromatic N) is 1. The summed E-state index contributed by atoms with van der Waals surface area (Å²) in [6.45, 7) is 4.26. The van der Waals surface area contributed by atoms with Crippen molar-refractivity contribution in [3.8, 4) is 0 Å². The summed E-state index contributed by atoms with van der Waals surface area (Å²) in [6.07, 6.45) is 0. The number of hydrogen-bond acceptors (Lipinski definition) is 4. The lowest BCUT2D eigenvalue weighted by Crippen LogP contribution is -2.24. The largest absolute Gasteiger partial charge is 0.245 e. The molecular weight excluding hydrogens is 311 g/mol. The van der Waals surface area contributed by atoms with Crippen molar-refractivity contribution in [1.82, 2.24) is 9.71 Å². The van der Waals surface area contributed by atoms with Gasteiger partial charge in [0.05, 0.1) is 23.0 Å². The van der Waals surface area contributed by atoms with Crippen molar-refractivity contribution in [3.63, 3.8) is 0 Å². The van der Waals surface area contributed by atoms with Crippen LogP contribution >= 0.6 is 11.3 Å². The first-order valence-corrected chi connectivity index (χ1v) is 9.05. The van der Waals surface area contributed by atoms with Crippen molar-refractivity contribution in [1.29, 1.82) is 0 Å². The lowest BCUT2D eigenvalue weighted by atomic mass is 10.2. The summed E-state index contributed by atoms with van der Waals surface area (Å²) < 4.78 is 39.2. The monoisotopic (exact) mass is 328 g/mol. The van der Waals surface area contributed by atoms with E-state index in [4.69, 9.17) is 0 Å². The van der Waals surface area contributed by atoms with Crippen molar-refractivity contribution >= 4 is 21.4 Å². The molecule has 21 heavy (non-hydrogen) atoms. The Morgan fingerprint density at radius 1 is 1.29 bits per heavy atom. The highest BCUT2D eigenvalue weighted by Crippen LogP contribution is 2.19. The lowest BCUT2D eigenvalue weighted by molar-refractivity contribution is 0.579. The van der Waals surface area contributed by atoms with Crippen LogP contribution in [0.15, 0.2) is 29.6 Å². The fourth-order valence-corrected chi connectivity index (χ4v) is 3.64. The molecule has 0 unspecified atom stereocenters. The standard InChI is InChI=1S/C14H17FN2O2S2/c1-10(2)14-17-13(8-20-14)7-16-21(18,19)9-11-3-5-12(15)6-4-11/h3-6,8,10,16H,7,9H2,1-2H3. The third-order valence-electron chi connectivity index (χ3n) is 2.81. The van der Waals surface area contributed by atoms with Crippen molar-refractivity contribution in [2.75, 3.05) is 0 Å². The van der Waals surface area contributed by atoms with E-state index in [1.807, 2.05) is 19.2 Å². The molecule has 1 N–H and O–H groups in total. The van der Waals surface area contributed by atoms with Crippen LogP contribution in [0.25, 0.3) is 0 Å². The fourth-order valence-electron chi connectivity index (χ4n) is 1.70. The Kier molecular flexibility index (Phi) is 5.08. The molecule has 0 saturated heterocycles. The van der Waals surface area contributed by atoms with Gasteiger partial charge in [-0.25, -0.2) is 22.5 Å². The first-order chi connectivity index (χ1) is 9.85. The average molecular weight is 328 g/mol. The molecular formula is C14H17FN2O2S2. The van der Waals surface area contributed by atoms with Crippen LogP contribution in [0.1, 0.15) is 36.0 Å². The van der Waals surface area contributed by atoms with E-state index >= 15 is 0 Å². The summed E-state index contributed by atoms with van der Waals surface area (Å²) in [7, 11) is -3.46. The maximum absolute atomic E-state index is 12.8. The van der Waals surface area contributed by atoms with Crippen molar-refractivity contribution in [2.45, 2.75) is 32.1 Å². The van der Waals surface area contributed by atoms with Gasteiger partial charge in [0.2, 0.25) is 10.0 Å². The fraction of sp³-hybridized carbons (Fsp3) is 0.357. The highest BCUT2D eigenvalue weighted by Gasteiger charge is 2.13. The molecule has 0 amide bonds. The number of halogens is 1. The normalized spacial score (nSPS) is 12.0. The zero-order valence-electron chi connectivity index (χ0n) is 11.8. The van der Waals surface area contributed by atoms with Gasteiger partial charge in [0.25, 0.3) is 0 Å². The quantitative estimate of drug-likeness (QED) is 0.887. The van der Waals surface area contributed by atoms with E-state index in [9.17, 15) is 12.8 Å². The number of sulfonamides is 1. The van der Waals surface area contributed by atoms with Crippen LogP contribution in [-0.4, -0.2) is 13.4 Å². The van der Waals surface area contributed by atoms with Gasteiger partial charge in [-0.1, -0.05) is 26.0 Å². The van der Waals surface area contributed by atoms with Gasteiger partial charge in [-0.15, -0.1) is 11.3 Å². The molecule has 0 aliphatic heterocycles. The van der Waals surface area contributed by atoms with Gasteiger partial charge < -0.3 is 0 Å². The summed E-state index contributed by atoms with van der Waals surface area (Å²) in [5, 5.41) is 2.85. The Balaban J connectivity index is 1.95. The van der Waals surface area contributed by atoms with Crippen LogP contribution in [0.4, 0.5) is 4.39 Å². The van der Waals surface area contributed by atoms with Gasteiger partial charge >= 0.3 is 0 Å². The van der Waals surface area contributed by atoms with Gasteiger partial charge in [0, 0.05) is 11.3 Å². The molecule has 7 heteroatoms. The Morgan fingerprint density at radius 3 is 2.52 bits per heavy atom. The van der Waals surface area contributed by atoms with Gasteiger partial charge in [-0.2, -0.15) is 0 Å². The minimum absolute atomic E-state index is 0.172. The minimum atomic E-state index is -3.46. The van der Waals surface area contributed by atoms with Crippen molar-refractivity contribution in [3.05, 3.63) is 51.7 Å². The summed E-state index contributed by atoms with van der Waals surface area (Å²) in [5.74, 6) is -0.221. The Hall–Kier alpha value is -1.31. The topological polar surface area (TPSA) is 59.1 Å². The number of rotatable bonds is 6. The first kappa shape index (κ1) is 16.1. The second kappa shape index (κ2) is 6.64. The number of aromatic nitrogens is 1. The Bertz CT molecular complexity index is 694. The predicted octanol–water partition coefficient (Wildman–Crippen LogP) is 3.03. The summed E-state index contributed by atoms with van der Waals surface area (Å²) in [6, 6.07) is 5.43. The molecule has 0 radical (unpaired) electrons. The smallest absolute Gasteiger partial charge is 0.216 e. The molecule has 0 atom stereocenters. The third-order valence-corrected chi connectivity index (χ3v) is 5.30. The van der Waals surface area contributed by atoms with E-state index < -0.39 is 10.0 Å². The lowest BCUT2D eigenvalue weighted by Gasteiger charge is -2.05. The summed E-state index contributed by atoms with van der Waals surface area (Å²) in [4.78, 5) is 4.37. The van der Waals surface area contributed by atoms with Gasteiger partial charge in [-0.3, -0.25) is 0 Å². The van der Waals surface area contributed by atoms with E-state index in [-0.39, 0.29) is 18.1 Å². The maximum Gasteiger partial charge on any atom is 0.216 e. The molecule has 1 aromatic heterocycles.